The Balaban J connectivity index is 1.56. The molecule has 2 aliphatic rings. The number of aryl methyl sites for hydroxylation is 2. The molecule has 0 saturated carbocycles. The summed E-state index contributed by atoms with van der Waals surface area (Å²) in [6.45, 7) is 8.59. The van der Waals surface area contributed by atoms with E-state index in [1.807, 2.05) is 13.8 Å². The molecule has 38 heavy (non-hydrogen) atoms. The van der Waals surface area contributed by atoms with Crippen LogP contribution < -0.4 is 0 Å². The molecule has 9 nitrogen and oxygen atoms in total. The molecule has 2 aromatic carbocycles. The maximum atomic E-state index is 13.1. The molecule has 208 valence electrons. The van der Waals surface area contributed by atoms with E-state index < -0.39 is 43.8 Å². The molecule has 0 spiro atoms. The van der Waals surface area contributed by atoms with Crippen LogP contribution >= 0.6 is 0 Å². The van der Waals surface area contributed by atoms with Gasteiger partial charge in [0.1, 0.15) is 5.60 Å². The smallest absolute Gasteiger partial charge is 0.410 e. The summed E-state index contributed by atoms with van der Waals surface area (Å²) in [5.74, 6) is -0.926. The average Bonchev–Trinajstić information content (AvgIpc) is 3.38. The first-order valence-electron chi connectivity index (χ1n) is 12.6. The Hall–Kier alpha value is -2.47. The van der Waals surface area contributed by atoms with Crippen molar-refractivity contribution in [3.8, 4) is 0 Å². The lowest BCUT2D eigenvalue weighted by atomic mass is 9.80. The van der Waals surface area contributed by atoms with Crippen molar-refractivity contribution >= 4 is 26.3 Å². The summed E-state index contributed by atoms with van der Waals surface area (Å²) in [4.78, 5) is 14.8. The van der Waals surface area contributed by atoms with Crippen molar-refractivity contribution in [2.45, 2.75) is 74.9 Å². The molecule has 2 aromatic rings. The molecule has 0 aromatic heterocycles. The Kier molecular flexibility index (Phi) is 7.96. The van der Waals surface area contributed by atoms with Crippen LogP contribution in [0.25, 0.3) is 0 Å². The fourth-order valence-corrected chi connectivity index (χ4v) is 7.10. The summed E-state index contributed by atoms with van der Waals surface area (Å²) >= 11 is 0. The first-order chi connectivity index (χ1) is 17.7. The fourth-order valence-electron chi connectivity index (χ4n) is 5.21. The van der Waals surface area contributed by atoms with Crippen molar-refractivity contribution in [2.75, 3.05) is 13.2 Å². The summed E-state index contributed by atoms with van der Waals surface area (Å²) in [7, 11) is -8.11. The van der Waals surface area contributed by atoms with E-state index in [0.717, 1.165) is 11.1 Å². The number of rotatable bonds is 8. The standard InChI is InChI=1S/C27H35NO8S2/c1-18-6-10-20(11-7-18)37(30,31)34-16-22-23(17-35-38(32,33)21-12-8-19(2)9-13-21)25-15-14-24(22)28(25)26(29)36-27(3,4)5/h6-13,22-25H,14-17H2,1-5H3/t22-,23+,24-,25+. The van der Waals surface area contributed by atoms with Crippen LogP contribution in [0.5, 0.6) is 0 Å². The Labute approximate surface area is 225 Å². The van der Waals surface area contributed by atoms with E-state index in [4.69, 9.17) is 13.1 Å². The van der Waals surface area contributed by atoms with Crippen molar-refractivity contribution in [1.82, 2.24) is 4.90 Å². The van der Waals surface area contributed by atoms with Gasteiger partial charge in [0.05, 0.1) is 23.0 Å². The first-order valence-corrected chi connectivity index (χ1v) is 15.4. The Bertz CT molecular complexity index is 1270. The first kappa shape index (κ1) is 28.5. The molecule has 2 aliphatic heterocycles. The van der Waals surface area contributed by atoms with Crippen LogP contribution in [-0.4, -0.2) is 58.7 Å². The van der Waals surface area contributed by atoms with Crippen LogP contribution in [0.15, 0.2) is 58.3 Å². The Morgan fingerprint density at radius 1 is 0.763 bits per heavy atom. The molecule has 4 atom stereocenters. The Morgan fingerprint density at radius 3 is 1.47 bits per heavy atom. The quantitative estimate of drug-likeness (QED) is 0.432. The number of carbonyl (C=O) groups excluding carboxylic acids is 1. The minimum atomic E-state index is -4.06. The van der Waals surface area contributed by atoms with Gasteiger partial charge in [-0.15, -0.1) is 0 Å². The predicted octanol–water partition coefficient (Wildman–Crippen LogP) is 4.43. The van der Waals surface area contributed by atoms with Crippen LogP contribution in [0.3, 0.4) is 0 Å². The summed E-state index contributed by atoms with van der Waals surface area (Å²) in [5.41, 5.74) is 1.11. The highest BCUT2D eigenvalue weighted by molar-refractivity contribution is 7.87. The molecule has 0 N–H and O–H groups in total. The van der Waals surface area contributed by atoms with E-state index in [0.29, 0.717) is 12.8 Å². The topological polar surface area (TPSA) is 116 Å². The zero-order valence-electron chi connectivity index (χ0n) is 22.3. The van der Waals surface area contributed by atoms with E-state index in [-0.39, 0.29) is 35.1 Å². The van der Waals surface area contributed by atoms with E-state index >= 15 is 0 Å². The lowest BCUT2D eigenvalue weighted by Gasteiger charge is -2.28. The molecule has 2 bridgehead atoms. The van der Waals surface area contributed by atoms with Gasteiger partial charge >= 0.3 is 6.09 Å². The number of nitrogens with zero attached hydrogens (tertiary/aromatic N) is 1. The highest BCUT2D eigenvalue weighted by atomic mass is 32.2. The summed E-state index contributed by atoms with van der Waals surface area (Å²) < 4.78 is 68.1. The molecule has 1 amide bonds. The lowest BCUT2D eigenvalue weighted by Crippen LogP contribution is -2.41. The van der Waals surface area contributed by atoms with Gasteiger partial charge < -0.3 is 9.64 Å². The molecular formula is C27H35NO8S2. The van der Waals surface area contributed by atoms with Gasteiger partial charge in [0.25, 0.3) is 20.2 Å². The molecule has 4 rings (SSSR count). The second-order valence-electron chi connectivity index (χ2n) is 11.0. The number of amides is 1. The number of hydrogen-bond acceptors (Lipinski definition) is 8. The van der Waals surface area contributed by atoms with Crippen molar-refractivity contribution < 1.29 is 34.7 Å². The zero-order chi connectivity index (χ0) is 27.9. The Morgan fingerprint density at radius 2 is 1.13 bits per heavy atom. The molecule has 2 fully saturated rings. The van der Waals surface area contributed by atoms with Gasteiger partial charge in [-0.25, -0.2) is 4.79 Å². The molecule has 2 saturated heterocycles. The lowest BCUT2D eigenvalue weighted by molar-refractivity contribution is 0.0192. The molecule has 2 heterocycles. The third-order valence-electron chi connectivity index (χ3n) is 7.07. The normalized spacial score (nSPS) is 23.6. The van der Waals surface area contributed by atoms with Crippen LogP contribution in [0.1, 0.15) is 44.7 Å². The second kappa shape index (κ2) is 10.6. The maximum Gasteiger partial charge on any atom is 0.410 e. The summed E-state index contributed by atoms with van der Waals surface area (Å²) in [5, 5.41) is 0. The third kappa shape index (κ3) is 6.22. The number of benzene rings is 2. The van der Waals surface area contributed by atoms with Crippen LogP contribution in [0.4, 0.5) is 4.79 Å². The predicted molar refractivity (Wildman–Crippen MR) is 140 cm³/mol. The van der Waals surface area contributed by atoms with E-state index in [9.17, 15) is 21.6 Å². The summed E-state index contributed by atoms with van der Waals surface area (Å²) in [6.07, 6.45) is 0.744. The molecule has 0 radical (unpaired) electrons. The molecular weight excluding hydrogens is 530 g/mol. The minimum absolute atomic E-state index is 0.0324. The monoisotopic (exact) mass is 565 g/mol. The summed E-state index contributed by atoms with van der Waals surface area (Å²) in [6, 6.07) is 11.9. The average molecular weight is 566 g/mol. The zero-order valence-corrected chi connectivity index (χ0v) is 23.9. The third-order valence-corrected chi connectivity index (χ3v) is 9.66. The highest BCUT2D eigenvalue weighted by Crippen LogP contribution is 2.47. The second-order valence-corrected chi connectivity index (χ2v) is 14.3. The number of fused-ring (bicyclic) bond motifs is 2. The van der Waals surface area contributed by atoms with Gasteiger partial charge in [-0.3, -0.25) is 8.37 Å². The van der Waals surface area contributed by atoms with Crippen LogP contribution in [0.2, 0.25) is 0 Å². The fraction of sp³-hybridized carbons (Fsp3) is 0.519. The number of ether oxygens (including phenoxy) is 1. The van der Waals surface area contributed by atoms with E-state index in [1.54, 1.807) is 49.9 Å². The molecule has 0 unspecified atom stereocenters. The van der Waals surface area contributed by atoms with Crippen molar-refractivity contribution in [3.63, 3.8) is 0 Å². The molecule has 0 aliphatic carbocycles. The van der Waals surface area contributed by atoms with Crippen molar-refractivity contribution in [2.24, 2.45) is 11.8 Å². The van der Waals surface area contributed by atoms with E-state index in [2.05, 4.69) is 0 Å². The molecule has 11 heteroatoms. The van der Waals surface area contributed by atoms with Gasteiger partial charge in [0, 0.05) is 23.9 Å². The van der Waals surface area contributed by atoms with E-state index in [1.165, 1.54) is 24.3 Å². The minimum Gasteiger partial charge on any atom is -0.444 e. The van der Waals surface area contributed by atoms with Gasteiger partial charge in [0.15, 0.2) is 0 Å². The van der Waals surface area contributed by atoms with Crippen molar-refractivity contribution in [1.29, 1.82) is 0 Å². The van der Waals surface area contributed by atoms with Gasteiger partial charge in [-0.2, -0.15) is 16.8 Å². The number of hydrogen-bond donors (Lipinski definition) is 0. The van der Waals surface area contributed by atoms with Gasteiger partial charge in [0.2, 0.25) is 0 Å². The SMILES string of the molecule is Cc1ccc(S(=O)(=O)OC[C@@H]2[C@H](COS(=O)(=O)c3ccc(C)cc3)[C@@H]3CC[C@H]2N3C(=O)OC(C)(C)C)cc1. The highest BCUT2D eigenvalue weighted by Gasteiger charge is 2.56. The van der Waals surface area contributed by atoms with Gasteiger partial charge in [-0.05, 0) is 71.7 Å². The van der Waals surface area contributed by atoms with Crippen molar-refractivity contribution in [3.05, 3.63) is 59.7 Å². The van der Waals surface area contributed by atoms with Crippen LogP contribution in [-0.2, 0) is 33.3 Å². The largest absolute Gasteiger partial charge is 0.444 e. The number of carbonyl (C=O) groups is 1. The van der Waals surface area contributed by atoms with Crippen LogP contribution in [0, 0.1) is 25.7 Å². The van der Waals surface area contributed by atoms with Gasteiger partial charge in [-0.1, -0.05) is 35.4 Å². The maximum absolute atomic E-state index is 13.1.